The number of allylic oxidation sites excluding steroid dienone is 2. The number of nitriles is 1. The van der Waals surface area contributed by atoms with Crippen molar-refractivity contribution in [1.82, 2.24) is 0 Å². The van der Waals surface area contributed by atoms with Crippen molar-refractivity contribution in [2.24, 2.45) is 5.73 Å². The summed E-state index contributed by atoms with van der Waals surface area (Å²) in [4.78, 5) is 0. The third-order valence-electron chi connectivity index (χ3n) is 1.78. The Labute approximate surface area is 78.5 Å². The minimum absolute atomic E-state index is 0.124. The lowest BCUT2D eigenvalue weighted by Gasteiger charge is -2.23. The first-order valence-electron chi connectivity index (χ1n) is 4.34. The number of nitrogens with two attached hydrogens (primary N) is 1. The van der Waals surface area contributed by atoms with Crippen molar-refractivity contribution in [2.45, 2.75) is 32.1 Å². The second kappa shape index (κ2) is 4.22. The van der Waals surface area contributed by atoms with E-state index in [9.17, 15) is 0 Å². The number of nitrogens with zero attached hydrogens (tertiary/aromatic N) is 1. The molecule has 0 spiro atoms. The van der Waals surface area contributed by atoms with Gasteiger partial charge in [-0.1, -0.05) is 6.08 Å². The molecule has 0 bridgehead atoms. The molecule has 0 aromatic rings. The van der Waals surface area contributed by atoms with Crippen LogP contribution in [0.1, 0.15) is 13.8 Å². The zero-order valence-corrected chi connectivity index (χ0v) is 7.90. The second-order valence-electron chi connectivity index (χ2n) is 3.32. The Hall–Kier alpha value is -1.11. The molecular formula is C10H14N2O. The molecule has 0 amide bonds. The van der Waals surface area contributed by atoms with E-state index in [2.05, 4.69) is 6.07 Å². The van der Waals surface area contributed by atoms with Crippen LogP contribution in [-0.2, 0) is 4.74 Å². The highest BCUT2D eigenvalue weighted by Crippen LogP contribution is 2.13. The summed E-state index contributed by atoms with van der Waals surface area (Å²) in [5, 5.41) is 8.66. The molecule has 2 atom stereocenters. The molecule has 2 N–H and O–H groups in total. The number of rotatable bonds is 2. The summed E-state index contributed by atoms with van der Waals surface area (Å²) in [7, 11) is 0. The molecule has 2 unspecified atom stereocenters. The largest absolute Gasteiger partial charge is 0.369 e. The fraction of sp³-hybridized carbons (Fsp3) is 0.500. The molecule has 1 aliphatic carbocycles. The summed E-state index contributed by atoms with van der Waals surface area (Å²) in [6.07, 6.45) is 5.25. The fourth-order valence-electron chi connectivity index (χ4n) is 1.19. The molecule has 3 nitrogen and oxygen atoms in total. The summed E-state index contributed by atoms with van der Waals surface area (Å²) in [5.41, 5.74) is 6.40. The lowest BCUT2D eigenvalue weighted by Crippen LogP contribution is -2.36. The van der Waals surface area contributed by atoms with Crippen LogP contribution >= 0.6 is 0 Å². The van der Waals surface area contributed by atoms with Gasteiger partial charge in [0.2, 0.25) is 0 Å². The van der Waals surface area contributed by atoms with Crippen LogP contribution in [0, 0.1) is 11.3 Å². The van der Waals surface area contributed by atoms with E-state index >= 15 is 0 Å². The maximum Gasteiger partial charge on any atom is 0.0989 e. The summed E-state index contributed by atoms with van der Waals surface area (Å²) >= 11 is 0. The third kappa shape index (κ3) is 2.69. The predicted octanol–water partition coefficient (Wildman–Crippen LogP) is 1.13. The molecule has 0 fully saturated rings. The van der Waals surface area contributed by atoms with E-state index < -0.39 is 0 Å². The van der Waals surface area contributed by atoms with Crippen molar-refractivity contribution < 1.29 is 4.74 Å². The minimum Gasteiger partial charge on any atom is -0.369 e. The van der Waals surface area contributed by atoms with Crippen LogP contribution in [0.3, 0.4) is 0 Å². The third-order valence-corrected chi connectivity index (χ3v) is 1.78. The van der Waals surface area contributed by atoms with E-state index in [1.165, 1.54) is 0 Å². The van der Waals surface area contributed by atoms with Gasteiger partial charge in [-0.3, -0.25) is 0 Å². The van der Waals surface area contributed by atoms with Crippen molar-refractivity contribution in [2.75, 3.05) is 0 Å². The van der Waals surface area contributed by atoms with Crippen LogP contribution in [-0.4, -0.2) is 18.2 Å². The average Bonchev–Trinajstić information content (AvgIpc) is 2.08. The molecule has 0 heterocycles. The Morgan fingerprint density at radius 3 is 2.85 bits per heavy atom. The Morgan fingerprint density at radius 2 is 2.31 bits per heavy atom. The van der Waals surface area contributed by atoms with Crippen molar-refractivity contribution in [3.8, 4) is 6.07 Å². The first kappa shape index (κ1) is 9.97. The van der Waals surface area contributed by atoms with Gasteiger partial charge >= 0.3 is 0 Å². The molecule has 1 aliphatic rings. The van der Waals surface area contributed by atoms with Gasteiger partial charge in [-0.2, -0.15) is 5.26 Å². The Balaban J connectivity index is 2.69. The highest BCUT2D eigenvalue weighted by atomic mass is 16.5. The van der Waals surface area contributed by atoms with Gasteiger partial charge in [0.05, 0.1) is 29.9 Å². The monoisotopic (exact) mass is 178 g/mol. The molecule has 13 heavy (non-hydrogen) atoms. The van der Waals surface area contributed by atoms with E-state index in [1.807, 2.05) is 13.8 Å². The fourth-order valence-corrected chi connectivity index (χ4v) is 1.19. The molecule has 3 heteroatoms. The maximum absolute atomic E-state index is 8.66. The SMILES string of the molecule is CC(C)OC1C=C(C#N)C=CC1N. The molecule has 0 saturated carbocycles. The Kier molecular flexibility index (Phi) is 3.24. The van der Waals surface area contributed by atoms with E-state index in [0.29, 0.717) is 5.57 Å². The van der Waals surface area contributed by atoms with Gasteiger partial charge in [0.25, 0.3) is 0 Å². The maximum atomic E-state index is 8.66. The highest BCUT2D eigenvalue weighted by Gasteiger charge is 2.18. The van der Waals surface area contributed by atoms with E-state index in [1.54, 1.807) is 18.2 Å². The van der Waals surface area contributed by atoms with Crippen molar-refractivity contribution >= 4 is 0 Å². The van der Waals surface area contributed by atoms with Crippen molar-refractivity contribution in [3.63, 3.8) is 0 Å². The first-order valence-corrected chi connectivity index (χ1v) is 4.34. The molecule has 1 rings (SSSR count). The normalized spacial score (nSPS) is 27.2. The van der Waals surface area contributed by atoms with Gasteiger partial charge in [-0.05, 0) is 26.0 Å². The quantitative estimate of drug-likeness (QED) is 0.689. The van der Waals surface area contributed by atoms with E-state index in [-0.39, 0.29) is 18.2 Å². The van der Waals surface area contributed by atoms with Crippen LogP contribution in [0.2, 0.25) is 0 Å². The zero-order valence-electron chi connectivity index (χ0n) is 7.90. The van der Waals surface area contributed by atoms with Crippen LogP contribution in [0.4, 0.5) is 0 Å². The minimum atomic E-state index is -0.167. The number of hydrogen-bond donors (Lipinski definition) is 1. The van der Waals surface area contributed by atoms with Crippen molar-refractivity contribution in [3.05, 3.63) is 23.8 Å². The van der Waals surface area contributed by atoms with Gasteiger partial charge in [-0.15, -0.1) is 0 Å². The van der Waals surface area contributed by atoms with Crippen LogP contribution in [0.25, 0.3) is 0 Å². The summed E-state index contributed by atoms with van der Waals surface area (Å²) < 4.78 is 5.53. The highest BCUT2D eigenvalue weighted by molar-refractivity contribution is 5.38. The van der Waals surface area contributed by atoms with Gasteiger partial charge in [0.1, 0.15) is 0 Å². The van der Waals surface area contributed by atoms with Crippen molar-refractivity contribution in [1.29, 1.82) is 5.26 Å². The summed E-state index contributed by atoms with van der Waals surface area (Å²) in [5.74, 6) is 0. The van der Waals surface area contributed by atoms with Crippen LogP contribution in [0.15, 0.2) is 23.8 Å². The summed E-state index contributed by atoms with van der Waals surface area (Å²) in [6, 6.07) is 1.93. The molecule has 0 radical (unpaired) electrons. The summed E-state index contributed by atoms with van der Waals surface area (Å²) in [6.45, 7) is 3.90. The number of hydrogen-bond acceptors (Lipinski definition) is 3. The molecule has 0 aromatic heterocycles. The lowest BCUT2D eigenvalue weighted by atomic mass is 10.0. The predicted molar refractivity (Wildman–Crippen MR) is 50.8 cm³/mol. The van der Waals surface area contributed by atoms with E-state index in [0.717, 1.165) is 0 Å². The van der Waals surface area contributed by atoms with Crippen LogP contribution < -0.4 is 5.73 Å². The molecule has 0 aromatic carbocycles. The van der Waals surface area contributed by atoms with Crippen LogP contribution in [0.5, 0.6) is 0 Å². The Bertz CT molecular complexity index is 273. The van der Waals surface area contributed by atoms with Gasteiger partial charge in [0, 0.05) is 0 Å². The van der Waals surface area contributed by atoms with Gasteiger partial charge < -0.3 is 10.5 Å². The molecule has 0 aliphatic heterocycles. The topological polar surface area (TPSA) is 59.0 Å². The molecular weight excluding hydrogens is 164 g/mol. The van der Waals surface area contributed by atoms with Gasteiger partial charge in [-0.25, -0.2) is 0 Å². The standard InChI is InChI=1S/C10H14N2O/c1-7(2)13-10-5-8(6-11)3-4-9(10)12/h3-5,7,9-10H,12H2,1-2H3. The zero-order chi connectivity index (χ0) is 9.84. The first-order chi connectivity index (χ1) is 6.13. The average molecular weight is 178 g/mol. The second-order valence-corrected chi connectivity index (χ2v) is 3.32. The number of ether oxygens (including phenoxy) is 1. The molecule has 0 saturated heterocycles. The van der Waals surface area contributed by atoms with E-state index in [4.69, 9.17) is 15.7 Å². The van der Waals surface area contributed by atoms with Gasteiger partial charge in [0.15, 0.2) is 0 Å². The molecule has 70 valence electrons. The smallest absolute Gasteiger partial charge is 0.0989 e. The Morgan fingerprint density at radius 1 is 1.62 bits per heavy atom. The lowest BCUT2D eigenvalue weighted by molar-refractivity contribution is 0.0283.